The number of sulfonamides is 1. The van der Waals surface area contributed by atoms with Crippen LogP contribution in [0, 0.1) is 21.4 Å². The molecule has 368 valence electrons. The third-order valence-electron chi connectivity index (χ3n) is 14.6. The Kier molecular flexibility index (Phi) is 13.6. The van der Waals surface area contributed by atoms with Crippen LogP contribution in [-0.4, -0.2) is 92.1 Å². The number of rotatable bonds is 16. The van der Waals surface area contributed by atoms with Crippen LogP contribution in [0.2, 0.25) is 0 Å². The second-order valence-corrected chi connectivity index (χ2v) is 21.4. The standard InChI is InChI=1S/C51H62N6O11S/c1-6-65-29-40(38-10-8-7-9-37(38)31(2)3)53-34-27-51(28-34)18-21-56(22-19-51)35-11-12-39(42(24-35)67-44-23-33-15-20-52-47(33)54-49(44)64-5)48(58)55-69(62,63)36-25-41(57(60)61)46-43(26-36)66-30-45(68-46)32-13-16-50(4,59)17-14-32/h7-12,15,20,23-26,31-32,34,40,45,53,59H,6,13-14,16-19,21-22,27-30H2,1-5H3,(H,52,54)(H,55,58)/t32-,40-,45-,50-/m0/s1. The van der Waals surface area contributed by atoms with Crippen LogP contribution in [0.15, 0.2) is 77.8 Å². The molecule has 1 spiro atoms. The van der Waals surface area contributed by atoms with E-state index in [1.807, 2.05) is 13.0 Å². The summed E-state index contributed by atoms with van der Waals surface area (Å²) in [7, 11) is -3.29. The van der Waals surface area contributed by atoms with Gasteiger partial charge >= 0.3 is 5.69 Å². The highest BCUT2D eigenvalue weighted by molar-refractivity contribution is 7.90. The Morgan fingerprint density at radius 2 is 1.77 bits per heavy atom. The second kappa shape index (κ2) is 19.4. The first-order chi connectivity index (χ1) is 33.0. The molecule has 0 bridgehead atoms. The van der Waals surface area contributed by atoms with E-state index in [0.29, 0.717) is 56.5 Å². The van der Waals surface area contributed by atoms with Gasteiger partial charge in [-0.1, -0.05) is 38.1 Å². The molecule has 4 N–H and O–H groups in total. The van der Waals surface area contributed by atoms with Crippen LogP contribution in [-0.2, 0) is 14.8 Å². The van der Waals surface area contributed by atoms with Crippen molar-refractivity contribution in [3.05, 3.63) is 99.7 Å². The molecule has 3 fully saturated rings. The van der Waals surface area contributed by atoms with Gasteiger partial charge in [0, 0.05) is 61.2 Å². The lowest BCUT2D eigenvalue weighted by molar-refractivity contribution is -0.386. The average molecular weight is 967 g/mol. The van der Waals surface area contributed by atoms with E-state index in [-0.39, 0.29) is 58.4 Å². The van der Waals surface area contributed by atoms with Crippen molar-refractivity contribution in [2.45, 2.75) is 114 Å². The number of aromatic amines is 1. The Labute approximate surface area is 402 Å². The summed E-state index contributed by atoms with van der Waals surface area (Å²) in [6, 6.07) is 19.6. The number of carbonyl (C=O) groups is 1. The molecule has 4 aliphatic rings. The van der Waals surface area contributed by atoms with Gasteiger partial charge in [0.2, 0.25) is 5.75 Å². The number of amides is 1. The molecule has 5 aromatic rings. The summed E-state index contributed by atoms with van der Waals surface area (Å²) in [6.45, 7) is 11.1. The SMILES string of the molecule is CCOC[C@H](NC1CC2(CCN(c3ccc(C(=O)NS(=O)(=O)c4cc5c(c([N+](=O)[O-])c4)O[C@H]([C@H]4CC[C@](C)(O)CC4)CO5)c(Oc4cc5cc[nH]c5nc4OC)c3)CC2)C1)c1ccccc1C(C)C. The third kappa shape index (κ3) is 10.2. The van der Waals surface area contributed by atoms with E-state index in [0.717, 1.165) is 62.0 Å². The van der Waals surface area contributed by atoms with Crippen molar-refractivity contribution < 1.29 is 46.9 Å². The first-order valence-electron chi connectivity index (χ1n) is 24.0. The van der Waals surface area contributed by atoms with Gasteiger partial charge in [-0.25, -0.2) is 13.1 Å². The van der Waals surface area contributed by atoms with Gasteiger partial charge in [0.15, 0.2) is 11.5 Å². The molecule has 2 saturated carbocycles. The maximum atomic E-state index is 14.2. The molecular formula is C51H62N6O11S. The lowest BCUT2D eigenvalue weighted by Crippen LogP contribution is -2.54. The predicted molar refractivity (Wildman–Crippen MR) is 259 cm³/mol. The van der Waals surface area contributed by atoms with E-state index in [1.165, 1.54) is 24.3 Å². The predicted octanol–water partition coefficient (Wildman–Crippen LogP) is 8.71. The molecule has 2 aliphatic carbocycles. The van der Waals surface area contributed by atoms with Crippen LogP contribution < -0.4 is 33.9 Å². The van der Waals surface area contributed by atoms with Crippen LogP contribution >= 0.6 is 0 Å². The monoisotopic (exact) mass is 966 g/mol. The zero-order valence-electron chi connectivity index (χ0n) is 39.8. The lowest BCUT2D eigenvalue weighted by atomic mass is 9.60. The number of hydrogen-bond acceptors (Lipinski definition) is 14. The number of benzene rings is 3. The molecule has 2 aliphatic heterocycles. The molecule has 17 nitrogen and oxygen atoms in total. The highest BCUT2D eigenvalue weighted by Gasteiger charge is 2.47. The summed E-state index contributed by atoms with van der Waals surface area (Å²) < 4.78 is 60.2. The molecule has 69 heavy (non-hydrogen) atoms. The maximum absolute atomic E-state index is 14.2. The van der Waals surface area contributed by atoms with Crippen molar-refractivity contribution in [2.75, 3.05) is 44.9 Å². The molecular weight excluding hydrogens is 905 g/mol. The van der Waals surface area contributed by atoms with E-state index in [1.54, 1.807) is 31.3 Å². The number of fused-ring (bicyclic) bond motifs is 2. The van der Waals surface area contributed by atoms with Gasteiger partial charge in [-0.05, 0) is 118 Å². The summed E-state index contributed by atoms with van der Waals surface area (Å²) >= 11 is 0. The molecule has 0 radical (unpaired) electrons. The Bertz CT molecular complexity index is 2810. The zero-order valence-corrected chi connectivity index (χ0v) is 40.6. The first-order valence-corrected chi connectivity index (χ1v) is 25.5. The number of carbonyl (C=O) groups excluding carboxylic acids is 1. The van der Waals surface area contributed by atoms with Gasteiger partial charge in [-0.3, -0.25) is 14.9 Å². The summed E-state index contributed by atoms with van der Waals surface area (Å²) in [6.07, 6.45) is 7.63. The Morgan fingerprint density at radius 1 is 1.03 bits per heavy atom. The van der Waals surface area contributed by atoms with Gasteiger partial charge in [0.25, 0.3) is 21.8 Å². The smallest absolute Gasteiger partial charge is 0.316 e. The maximum Gasteiger partial charge on any atom is 0.316 e. The quantitative estimate of drug-likeness (QED) is 0.0538. The molecule has 0 unspecified atom stereocenters. The number of H-pyrrole nitrogens is 1. The molecule has 1 amide bonds. The third-order valence-corrected chi connectivity index (χ3v) is 15.9. The van der Waals surface area contributed by atoms with E-state index in [9.17, 15) is 28.4 Å². The second-order valence-electron chi connectivity index (χ2n) is 19.7. The summed E-state index contributed by atoms with van der Waals surface area (Å²) in [5, 5.41) is 27.5. The number of nitro groups is 1. The van der Waals surface area contributed by atoms with Crippen molar-refractivity contribution >= 4 is 38.3 Å². The lowest BCUT2D eigenvalue weighted by Gasteiger charge is -2.53. The van der Waals surface area contributed by atoms with E-state index in [4.69, 9.17) is 23.7 Å². The fraction of sp³-hybridized carbons (Fsp3) is 0.490. The number of pyridine rings is 1. The van der Waals surface area contributed by atoms with Crippen molar-refractivity contribution in [3.8, 4) is 28.9 Å². The molecule has 4 heterocycles. The minimum Gasteiger partial charge on any atom is -0.485 e. The number of aliphatic hydroxyl groups is 1. The molecule has 2 aromatic heterocycles. The van der Waals surface area contributed by atoms with Crippen LogP contribution in [0.25, 0.3) is 11.0 Å². The topological polar surface area (TPSA) is 217 Å². The number of piperidine rings is 1. The van der Waals surface area contributed by atoms with Gasteiger partial charge in [-0.15, -0.1) is 0 Å². The molecule has 9 rings (SSSR count). The van der Waals surface area contributed by atoms with Gasteiger partial charge < -0.3 is 44.0 Å². The fourth-order valence-corrected chi connectivity index (χ4v) is 11.7. The van der Waals surface area contributed by atoms with Crippen LogP contribution in [0.3, 0.4) is 0 Å². The molecule has 18 heteroatoms. The van der Waals surface area contributed by atoms with Crippen LogP contribution in [0.5, 0.6) is 28.9 Å². The Morgan fingerprint density at radius 3 is 2.46 bits per heavy atom. The normalized spacial score (nSPS) is 21.8. The van der Waals surface area contributed by atoms with Gasteiger partial charge in [0.05, 0.1) is 40.7 Å². The Hall–Kier alpha value is -5.95. The van der Waals surface area contributed by atoms with Crippen molar-refractivity contribution in [1.82, 2.24) is 20.0 Å². The van der Waals surface area contributed by atoms with Crippen molar-refractivity contribution in [2.24, 2.45) is 11.3 Å². The highest BCUT2D eigenvalue weighted by atomic mass is 32.2. The molecule has 1 saturated heterocycles. The summed E-state index contributed by atoms with van der Waals surface area (Å²) in [5.74, 6) is -0.569. The summed E-state index contributed by atoms with van der Waals surface area (Å²) in [5.41, 5.74) is 2.65. The number of nitro benzene ring substituents is 1. The number of anilines is 1. The average Bonchev–Trinajstić information content (AvgIpc) is 3.79. The van der Waals surface area contributed by atoms with Crippen molar-refractivity contribution in [3.63, 3.8) is 0 Å². The fourth-order valence-electron chi connectivity index (χ4n) is 10.7. The number of methoxy groups -OCH3 is 1. The number of nitrogens with zero attached hydrogens (tertiary/aromatic N) is 3. The minimum absolute atomic E-state index is 0.0164. The minimum atomic E-state index is -4.73. The molecule has 3 aromatic carbocycles. The first kappa shape index (κ1) is 48.1. The van der Waals surface area contributed by atoms with Gasteiger partial charge in [0.1, 0.15) is 24.1 Å². The Balaban J connectivity index is 0.929. The van der Waals surface area contributed by atoms with E-state index >= 15 is 0 Å². The van der Waals surface area contributed by atoms with Gasteiger partial charge in [-0.2, -0.15) is 4.98 Å². The number of nitrogens with one attached hydrogen (secondary N) is 3. The van der Waals surface area contributed by atoms with Crippen LogP contribution in [0.4, 0.5) is 11.4 Å². The van der Waals surface area contributed by atoms with E-state index < -0.39 is 43.1 Å². The number of aromatic nitrogens is 2. The molecule has 2 atom stereocenters. The number of hydrogen-bond donors (Lipinski definition) is 4. The largest absolute Gasteiger partial charge is 0.485 e. The van der Waals surface area contributed by atoms with Crippen LogP contribution in [0.1, 0.15) is 113 Å². The van der Waals surface area contributed by atoms with E-state index in [2.05, 4.69) is 63.0 Å². The zero-order chi connectivity index (χ0) is 48.7. The number of ether oxygens (including phenoxy) is 5. The highest BCUT2D eigenvalue weighted by Crippen LogP contribution is 2.51. The van der Waals surface area contributed by atoms with Crippen molar-refractivity contribution in [1.29, 1.82) is 0 Å². The summed E-state index contributed by atoms with van der Waals surface area (Å²) in [4.78, 5) is 35.1.